The third kappa shape index (κ3) is 5.42. The molecule has 9 nitrogen and oxygen atoms in total. The van der Waals surface area contributed by atoms with Gasteiger partial charge in [-0.3, -0.25) is 10.2 Å². The standard InChI is InChI=1S/C23H21ClN4O5S2/c1-13-4-6-18(14(2)10-13)32-8-9-33-19-7-5-15(12-17(19)24)11-16-20(25)28-22(26-21(16)29)34-27-23(28)35(3,30)31/h4-7,10-12,25H,8-9H2,1-3H3/b16-11-,25-20?. The van der Waals surface area contributed by atoms with E-state index in [2.05, 4.69) is 9.39 Å². The lowest BCUT2D eigenvalue weighted by atomic mass is 10.1. The molecule has 2 aromatic carbocycles. The van der Waals surface area contributed by atoms with Crippen molar-refractivity contribution in [2.45, 2.75) is 13.8 Å². The summed E-state index contributed by atoms with van der Waals surface area (Å²) < 4.78 is 39.3. The Bertz CT molecular complexity index is 1430. The maximum Gasteiger partial charge on any atom is 0.283 e. The van der Waals surface area contributed by atoms with Crippen LogP contribution in [-0.2, 0) is 14.6 Å². The molecule has 0 bridgehead atoms. The number of amidine groups is 3. The number of nitrogens with zero attached hydrogens (tertiary/aromatic N) is 3. The fourth-order valence-electron chi connectivity index (χ4n) is 3.39. The van der Waals surface area contributed by atoms with Crippen molar-refractivity contribution in [2.75, 3.05) is 19.5 Å². The summed E-state index contributed by atoms with van der Waals surface area (Å²) in [7, 11) is -3.72. The summed E-state index contributed by atoms with van der Waals surface area (Å²) in [6, 6.07) is 10.8. The van der Waals surface area contributed by atoms with Gasteiger partial charge in [0.25, 0.3) is 5.91 Å². The van der Waals surface area contributed by atoms with Crippen LogP contribution in [0.3, 0.4) is 0 Å². The van der Waals surface area contributed by atoms with Crippen LogP contribution in [0.5, 0.6) is 11.5 Å². The van der Waals surface area contributed by atoms with Gasteiger partial charge in [0.1, 0.15) is 30.5 Å². The first-order chi connectivity index (χ1) is 16.5. The molecule has 2 aliphatic heterocycles. The number of ether oxygens (including phenoxy) is 2. The fraction of sp³-hybridized carbons (Fsp3) is 0.217. The molecular weight excluding hydrogens is 512 g/mol. The van der Waals surface area contributed by atoms with Crippen LogP contribution in [0.2, 0.25) is 5.02 Å². The Morgan fingerprint density at radius 3 is 2.46 bits per heavy atom. The molecule has 0 radical (unpaired) electrons. The molecular formula is C23H21ClN4O5S2. The zero-order valence-electron chi connectivity index (χ0n) is 19.0. The summed E-state index contributed by atoms with van der Waals surface area (Å²) in [4.78, 5) is 17.4. The molecule has 35 heavy (non-hydrogen) atoms. The number of hydrogen-bond donors (Lipinski definition) is 1. The zero-order chi connectivity index (χ0) is 25.3. The molecule has 1 amide bonds. The number of benzene rings is 2. The molecule has 12 heteroatoms. The first-order valence-corrected chi connectivity index (χ1v) is 13.4. The maximum atomic E-state index is 12.5. The number of halogens is 1. The van der Waals surface area contributed by atoms with Gasteiger partial charge in [0, 0.05) is 6.26 Å². The summed E-state index contributed by atoms with van der Waals surface area (Å²) in [5, 5.41) is 8.39. The van der Waals surface area contributed by atoms with Crippen LogP contribution >= 0.6 is 23.5 Å². The van der Waals surface area contributed by atoms with Crippen molar-refractivity contribution in [1.29, 1.82) is 5.41 Å². The number of aliphatic imine (C=N–C) groups is 1. The molecule has 0 saturated heterocycles. The number of fused-ring (bicyclic) bond motifs is 1. The zero-order valence-corrected chi connectivity index (χ0v) is 21.4. The summed E-state index contributed by atoms with van der Waals surface area (Å²) in [6.45, 7) is 4.60. The quantitative estimate of drug-likeness (QED) is 0.338. The molecule has 1 N–H and O–H groups in total. The lowest BCUT2D eigenvalue weighted by Gasteiger charge is -2.23. The van der Waals surface area contributed by atoms with Crippen molar-refractivity contribution in [3.05, 3.63) is 63.7 Å². The van der Waals surface area contributed by atoms with Crippen LogP contribution in [0.1, 0.15) is 16.7 Å². The minimum absolute atomic E-state index is 0.0300. The Hall–Kier alpha value is -3.15. The molecule has 4 rings (SSSR count). The first kappa shape index (κ1) is 25.0. The predicted octanol–water partition coefficient (Wildman–Crippen LogP) is 4.04. The Balaban J connectivity index is 1.44. The van der Waals surface area contributed by atoms with Crippen LogP contribution in [0.15, 0.2) is 51.4 Å². The highest BCUT2D eigenvalue weighted by atomic mass is 35.5. The van der Waals surface area contributed by atoms with Crippen LogP contribution in [0.25, 0.3) is 6.08 Å². The molecule has 182 valence electrons. The van der Waals surface area contributed by atoms with Gasteiger partial charge >= 0.3 is 0 Å². The molecule has 0 aliphatic carbocycles. The molecule has 0 spiro atoms. The van der Waals surface area contributed by atoms with Crippen molar-refractivity contribution in [3.63, 3.8) is 0 Å². The largest absolute Gasteiger partial charge is 0.490 e. The van der Waals surface area contributed by atoms with Gasteiger partial charge in [0.15, 0.2) is 0 Å². The van der Waals surface area contributed by atoms with E-state index in [-0.39, 0.29) is 28.4 Å². The van der Waals surface area contributed by atoms with Gasteiger partial charge in [-0.25, -0.2) is 13.3 Å². The number of aryl methyl sites for hydroxylation is 2. The Morgan fingerprint density at radius 1 is 1.11 bits per heavy atom. The van der Waals surface area contributed by atoms with Gasteiger partial charge in [0.2, 0.25) is 20.2 Å². The van der Waals surface area contributed by atoms with Gasteiger partial charge in [-0.2, -0.15) is 9.39 Å². The number of rotatable bonds is 6. The summed E-state index contributed by atoms with van der Waals surface area (Å²) in [5.74, 6) is 0.233. The highest BCUT2D eigenvalue weighted by Crippen LogP contribution is 2.31. The van der Waals surface area contributed by atoms with Crippen molar-refractivity contribution in [3.8, 4) is 11.5 Å². The SMILES string of the molecule is Cc1ccc(OCCOc2ccc(/C=C3/C(=N)N4C(=NC3=O)SN=C4S(C)(=O)=O)cc2Cl)c(C)c1. The van der Waals surface area contributed by atoms with E-state index in [0.717, 1.165) is 40.0 Å². The number of nitrogens with one attached hydrogen (secondary N) is 1. The molecule has 0 fully saturated rings. The average molecular weight is 533 g/mol. The molecule has 2 aromatic rings. The lowest BCUT2D eigenvalue weighted by molar-refractivity contribution is -0.114. The van der Waals surface area contributed by atoms with Crippen molar-refractivity contribution >= 4 is 61.5 Å². The highest BCUT2D eigenvalue weighted by molar-refractivity contribution is 8.16. The summed E-state index contributed by atoms with van der Waals surface area (Å²) >= 11 is 7.10. The van der Waals surface area contributed by atoms with E-state index in [4.69, 9.17) is 26.5 Å². The van der Waals surface area contributed by atoms with E-state index in [1.54, 1.807) is 18.2 Å². The van der Waals surface area contributed by atoms with Gasteiger partial charge in [0.05, 0.1) is 22.5 Å². The number of carbonyl (C=O) groups excluding carboxylic acids is 1. The molecule has 0 atom stereocenters. The third-order valence-corrected chi connectivity index (χ3v) is 7.07. The second kappa shape index (κ2) is 9.84. The smallest absolute Gasteiger partial charge is 0.283 e. The highest BCUT2D eigenvalue weighted by Gasteiger charge is 2.41. The molecule has 0 aromatic heterocycles. The molecule has 0 unspecified atom stereocenters. The van der Waals surface area contributed by atoms with E-state index in [0.29, 0.717) is 22.9 Å². The van der Waals surface area contributed by atoms with Crippen molar-refractivity contribution in [1.82, 2.24) is 4.90 Å². The lowest BCUT2D eigenvalue weighted by Crippen LogP contribution is -2.45. The topological polar surface area (TPSA) is 121 Å². The van der Waals surface area contributed by atoms with Gasteiger partial charge < -0.3 is 9.47 Å². The van der Waals surface area contributed by atoms with E-state index in [9.17, 15) is 13.2 Å². The molecule has 0 saturated carbocycles. The number of carbonyl (C=O) groups is 1. The summed E-state index contributed by atoms with van der Waals surface area (Å²) in [5.41, 5.74) is 2.64. The monoisotopic (exact) mass is 532 g/mol. The second-order valence-corrected chi connectivity index (χ2v) is 10.9. The Morgan fingerprint density at radius 2 is 1.80 bits per heavy atom. The first-order valence-electron chi connectivity index (χ1n) is 10.4. The van der Waals surface area contributed by atoms with Gasteiger partial charge in [-0.15, -0.1) is 0 Å². The van der Waals surface area contributed by atoms with Crippen LogP contribution in [-0.4, -0.2) is 54.9 Å². The molecule has 2 heterocycles. The fourth-order valence-corrected chi connectivity index (χ4v) is 5.48. The predicted molar refractivity (Wildman–Crippen MR) is 138 cm³/mol. The van der Waals surface area contributed by atoms with Crippen LogP contribution < -0.4 is 9.47 Å². The van der Waals surface area contributed by atoms with E-state index >= 15 is 0 Å². The van der Waals surface area contributed by atoms with Gasteiger partial charge in [-0.05, 0) is 49.2 Å². The normalized spacial score (nSPS) is 16.8. The number of sulfone groups is 1. The Labute approximate surface area is 212 Å². The Kier molecular flexibility index (Phi) is 7.02. The minimum atomic E-state index is -3.72. The van der Waals surface area contributed by atoms with E-state index in [1.807, 2.05) is 32.0 Å². The van der Waals surface area contributed by atoms with E-state index in [1.165, 1.54) is 6.08 Å². The van der Waals surface area contributed by atoms with Crippen molar-refractivity contribution in [2.24, 2.45) is 9.39 Å². The minimum Gasteiger partial charge on any atom is -0.490 e. The van der Waals surface area contributed by atoms with Crippen molar-refractivity contribution < 1.29 is 22.7 Å². The van der Waals surface area contributed by atoms with Gasteiger partial charge in [-0.1, -0.05) is 35.4 Å². The van der Waals surface area contributed by atoms with E-state index < -0.39 is 15.7 Å². The second-order valence-electron chi connectivity index (χ2n) is 7.83. The van der Waals surface area contributed by atoms with Crippen LogP contribution in [0.4, 0.5) is 0 Å². The van der Waals surface area contributed by atoms with Crippen LogP contribution in [0, 0.1) is 19.3 Å². The summed E-state index contributed by atoms with van der Waals surface area (Å²) in [6.07, 6.45) is 2.40. The number of hydrogen-bond acceptors (Lipinski definition) is 8. The number of amides is 1. The average Bonchev–Trinajstić information content (AvgIpc) is 3.21. The molecule has 2 aliphatic rings. The third-order valence-electron chi connectivity index (χ3n) is 5.02. The maximum absolute atomic E-state index is 12.5.